The van der Waals surface area contributed by atoms with Gasteiger partial charge < -0.3 is 5.32 Å². The van der Waals surface area contributed by atoms with E-state index in [2.05, 4.69) is 37.3 Å². The Hall–Kier alpha value is -0.830. The molecule has 1 atom stereocenters. The minimum Gasteiger partial charge on any atom is -0.309 e. The van der Waals surface area contributed by atoms with Gasteiger partial charge in [-0.2, -0.15) is 5.10 Å². The molecule has 1 aromatic rings. The summed E-state index contributed by atoms with van der Waals surface area (Å²) < 4.78 is 2.02. The lowest BCUT2D eigenvalue weighted by Gasteiger charge is -2.38. The Labute approximate surface area is 111 Å². The molecule has 1 heterocycles. The first kappa shape index (κ1) is 13.6. The van der Waals surface area contributed by atoms with Gasteiger partial charge in [0, 0.05) is 13.2 Å². The minimum absolute atomic E-state index is 0.471. The molecule has 0 aromatic carbocycles. The van der Waals surface area contributed by atoms with Gasteiger partial charge in [0.25, 0.3) is 0 Å². The lowest BCUT2D eigenvalue weighted by Crippen LogP contribution is -2.34. The summed E-state index contributed by atoms with van der Waals surface area (Å²) >= 11 is 0. The van der Waals surface area contributed by atoms with Gasteiger partial charge in [0.2, 0.25) is 0 Å². The molecule has 1 N–H and O–H groups in total. The van der Waals surface area contributed by atoms with Crippen LogP contribution in [-0.4, -0.2) is 16.3 Å². The van der Waals surface area contributed by atoms with Crippen LogP contribution in [-0.2, 0) is 7.05 Å². The molecule has 0 bridgehead atoms. The zero-order valence-corrected chi connectivity index (χ0v) is 12.2. The van der Waals surface area contributed by atoms with Crippen LogP contribution in [0.5, 0.6) is 0 Å². The maximum Gasteiger partial charge on any atom is 0.0553 e. The first-order valence-electron chi connectivity index (χ1n) is 7.25. The van der Waals surface area contributed by atoms with Gasteiger partial charge in [-0.15, -0.1) is 0 Å². The third-order valence-corrected chi connectivity index (χ3v) is 4.46. The number of nitrogens with zero attached hydrogens (tertiary/aromatic N) is 2. The van der Waals surface area contributed by atoms with Crippen molar-refractivity contribution in [2.75, 3.05) is 6.54 Å². The van der Waals surface area contributed by atoms with Gasteiger partial charge in [0.15, 0.2) is 0 Å². The van der Waals surface area contributed by atoms with E-state index in [1.54, 1.807) is 0 Å². The van der Waals surface area contributed by atoms with Crippen molar-refractivity contribution in [1.82, 2.24) is 15.1 Å². The van der Waals surface area contributed by atoms with Crippen LogP contribution in [0, 0.1) is 11.3 Å². The molecule has 1 unspecified atom stereocenters. The first-order chi connectivity index (χ1) is 8.53. The van der Waals surface area contributed by atoms with Crippen LogP contribution in [0.4, 0.5) is 0 Å². The molecule has 1 saturated carbocycles. The van der Waals surface area contributed by atoms with E-state index in [0.29, 0.717) is 11.5 Å². The summed E-state index contributed by atoms with van der Waals surface area (Å²) in [7, 11) is 2.05. The Balaban J connectivity index is 2.10. The molecule has 0 spiro atoms. The molecule has 18 heavy (non-hydrogen) atoms. The van der Waals surface area contributed by atoms with E-state index in [1.165, 1.54) is 31.4 Å². The molecule has 1 fully saturated rings. The topological polar surface area (TPSA) is 29.9 Å². The van der Waals surface area contributed by atoms with Gasteiger partial charge in [-0.05, 0) is 49.6 Å². The molecule has 2 rings (SSSR count). The number of nitrogens with one attached hydrogen (secondary N) is 1. The van der Waals surface area contributed by atoms with Gasteiger partial charge in [-0.1, -0.05) is 20.8 Å². The third-order valence-electron chi connectivity index (χ3n) is 4.46. The maximum absolute atomic E-state index is 4.32. The zero-order chi connectivity index (χ0) is 13.2. The van der Waals surface area contributed by atoms with Crippen molar-refractivity contribution in [3.8, 4) is 0 Å². The highest BCUT2D eigenvalue weighted by Crippen LogP contribution is 2.42. The van der Waals surface area contributed by atoms with Crippen molar-refractivity contribution in [2.24, 2.45) is 18.4 Å². The van der Waals surface area contributed by atoms with Crippen molar-refractivity contribution in [1.29, 1.82) is 0 Å². The third kappa shape index (κ3) is 2.94. The number of aryl methyl sites for hydroxylation is 1. The van der Waals surface area contributed by atoms with Gasteiger partial charge in [0.05, 0.1) is 11.7 Å². The summed E-state index contributed by atoms with van der Waals surface area (Å²) in [6, 6.07) is 2.63. The van der Waals surface area contributed by atoms with Crippen LogP contribution in [0.1, 0.15) is 58.2 Å². The van der Waals surface area contributed by atoms with Crippen LogP contribution >= 0.6 is 0 Å². The second-order valence-corrected chi connectivity index (χ2v) is 6.42. The summed E-state index contributed by atoms with van der Waals surface area (Å²) in [4.78, 5) is 0. The van der Waals surface area contributed by atoms with E-state index in [4.69, 9.17) is 0 Å². The Kier molecular flexibility index (Phi) is 4.10. The molecule has 0 aliphatic heterocycles. The summed E-state index contributed by atoms with van der Waals surface area (Å²) in [5, 5.41) is 7.98. The van der Waals surface area contributed by atoms with Gasteiger partial charge in [-0.3, -0.25) is 4.68 Å². The highest BCUT2D eigenvalue weighted by molar-refractivity contribution is 5.09. The fourth-order valence-corrected chi connectivity index (χ4v) is 3.18. The Morgan fingerprint density at radius 2 is 2.11 bits per heavy atom. The van der Waals surface area contributed by atoms with Gasteiger partial charge in [-0.25, -0.2) is 0 Å². The normalized spacial score (nSPS) is 22.0. The average molecular weight is 249 g/mol. The highest BCUT2D eigenvalue weighted by Gasteiger charge is 2.32. The van der Waals surface area contributed by atoms with Crippen LogP contribution in [0.25, 0.3) is 0 Å². The first-order valence-corrected chi connectivity index (χ1v) is 7.25. The number of hydrogen-bond donors (Lipinski definition) is 1. The smallest absolute Gasteiger partial charge is 0.0553 e. The number of rotatable bonds is 4. The van der Waals surface area contributed by atoms with Gasteiger partial charge >= 0.3 is 0 Å². The van der Waals surface area contributed by atoms with Crippen LogP contribution in [0.3, 0.4) is 0 Å². The predicted molar refractivity (Wildman–Crippen MR) is 75.4 cm³/mol. The van der Waals surface area contributed by atoms with E-state index >= 15 is 0 Å². The number of aromatic nitrogens is 2. The van der Waals surface area contributed by atoms with Crippen LogP contribution in [0.2, 0.25) is 0 Å². The summed E-state index contributed by atoms with van der Waals surface area (Å²) in [5.74, 6) is 0.758. The van der Waals surface area contributed by atoms with Crippen molar-refractivity contribution < 1.29 is 0 Å². The fraction of sp³-hybridized carbons (Fsp3) is 0.800. The molecule has 0 amide bonds. The zero-order valence-electron chi connectivity index (χ0n) is 12.2. The fourth-order valence-electron chi connectivity index (χ4n) is 3.18. The van der Waals surface area contributed by atoms with Gasteiger partial charge in [0.1, 0.15) is 0 Å². The number of hydrogen-bond acceptors (Lipinski definition) is 2. The van der Waals surface area contributed by atoms with Crippen molar-refractivity contribution in [2.45, 2.75) is 52.5 Å². The van der Waals surface area contributed by atoms with E-state index in [-0.39, 0.29) is 0 Å². The summed E-state index contributed by atoms with van der Waals surface area (Å²) in [6.45, 7) is 8.01. The molecule has 102 valence electrons. The molecule has 0 radical (unpaired) electrons. The monoisotopic (exact) mass is 249 g/mol. The lowest BCUT2D eigenvalue weighted by molar-refractivity contribution is 0.159. The molecule has 3 nitrogen and oxygen atoms in total. The maximum atomic E-state index is 4.32. The van der Waals surface area contributed by atoms with E-state index < -0.39 is 0 Å². The van der Waals surface area contributed by atoms with E-state index in [0.717, 1.165) is 12.5 Å². The molecule has 0 saturated heterocycles. The molecule has 1 aromatic heterocycles. The average Bonchev–Trinajstić information content (AvgIpc) is 2.73. The second kappa shape index (κ2) is 5.43. The molecule has 3 heteroatoms. The SMILES string of the molecule is CCNC(c1ccnn1C)C1CCC(C)(C)CC1. The lowest BCUT2D eigenvalue weighted by atomic mass is 9.70. The van der Waals surface area contributed by atoms with E-state index in [1.807, 2.05) is 17.9 Å². The van der Waals surface area contributed by atoms with Crippen molar-refractivity contribution in [3.63, 3.8) is 0 Å². The standard InChI is InChI=1S/C15H27N3/c1-5-16-14(13-8-11-17-18(13)4)12-6-9-15(2,3)10-7-12/h8,11-12,14,16H,5-7,9-10H2,1-4H3. The van der Waals surface area contributed by atoms with E-state index in [9.17, 15) is 0 Å². The molecule has 1 aliphatic carbocycles. The largest absolute Gasteiger partial charge is 0.309 e. The molecule has 1 aliphatic rings. The predicted octanol–water partition coefficient (Wildman–Crippen LogP) is 3.29. The molecular weight excluding hydrogens is 222 g/mol. The molecular formula is C15H27N3. The second-order valence-electron chi connectivity index (χ2n) is 6.42. The Morgan fingerprint density at radius 3 is 2.61 bits per heavy atom. The van der Waals surface area contributed by atoms with Crippen LogP contribution < -0.4 is 5.32 Å². The Morgan fingerprint density at radius 1 is 1.44 bits per heavy atom. The van der Waals surface area contributed by atoms with Crippen molar-refractivity contribution >= 4 is 0 Å². The summed E-state index contributed by atoms with van der Waals surface area (Å²) in [6.07, 6.45) is 7.26. The quantitative estimate of drug-likeness (QED) is 0.887. The van der Waals surface area contributed by atoms with Crippen molar-refractivity contribution in [3.05, 3.63) is 18.0 Å². The minimum atomic E-state index is 0.471. The Bertz CT molecular complexity index is 371. The van der Waals surface area contributed by atoms with Crippen LogP contribution in [0.15, 0.2) is 12.3 Å². The summed E-state index contributed by atoms with van der Waals surface area (Å²) in [5.41, 5.74) is 1.88. The highest BCUT2D eigenvalue weighted by atomic mass is 15.3.